The number of benzene rings is 2. The van der Waals surface area contributed by atoms with Crippen molar-refractivity contribution in [3.63, 3.8) is 0 Å². The van der Waals surface area contributed by atoms with Crippen LogP contribution in [0.4, 0.5) is 0 Å². The number of piperidine rings is 1. The SMILES string of the molecule is CCC1=C2B(O)O[C@H](c3ccc(O)cc3Cl)C[C@H]2[C@H]2C(=O)N(C3CCN(Cc4ccccc4)CC3)C(=O)[C@H]2C1. The molecule has 2 aromatic rings. The molecule has 3 saturated heterocycles. The van der Waals surface area contributed by atoms with Gasteiger partial charge in [-0.25, -0.2) is 0 Å². The third kappa shape index (κ3) is 4.82. The fraction of sp³-hybridized carbons (Fsp3) is 0.467. The number of likely N-dealkylation sites (tertiary alicyclic amines) is 2. The zero-order chi connectivity index (χ0) is 27.3. The topological polar surface area (TPSA) is 90.3 Å². The first kappa shape index (κ1) is 26.6. The number of phenols is 1. The van der Waals surface area contributed by atoms with Gasteiger partial charge in [0.05, 0.1) is 17.9 Å². The predicted octanol–water partition coefficient (Wildman–Crippen LogP) is 4.52. The third-order valence-electron chi connectivity index (χ3n) is 9.17. The number of carbonyl (C=O) groups excluding carboxylic acids is 2. The van der Waals surface area contributed by atoms with E-state index in [1.165, 1.54) is 11.6 Å². The minimum atomic E-state index is -1.16. The number of nitrogens with zero attached hydrogens (tertiary/aromatic N) is 2. The number of aromatic hydroxyl groups is 1. The zero-order valence-electron chi connectivity index (χ0n) is 22.1. The molecule has 0 aromatic heterocycles. The minimum Gasteiger partial charge on any atom is -0.508 e. The van der Waals surface area contributed by atoms with Crippen molar-refractivity contribution in [2.75, 3.05) is 13.1 Å². The van der Waals surface area contributed by atoms with Crippen molar-refractivity contribution in [1.29, 1.82) is 0 Å². The van der Waals surface area contributed by atoms with E-state index in [1.807, 2.05) is 25.1 Å². The molecule has 7 nitrogen and oxygen atoms in total. The molecule has 4 aliphatic rings. The number of halogens is 1. The summed E-state index contributed by atoms with van der Waals surface area (Å²) >= 11 is 6.43. The number of allylic oxidation sites excluding steroid dienone is 2. The fourth-order valence-corrected chi connectivity index (χ4v) is 7.59. The van der Waals surface area contributed by atoms with Gasteiger partial charge in [0.25, 0.3) is 0 Å². The molecule has 2 aromatic carbocycles. The van der Waals surface area contributed by atoms with Crippen LogP contribution in [0.1, 0.15) is 56.3 Å². The number of imide groups is 1. The summed E-state index contributed by atoms with van der Waals surface area (Å²) in [5, 5.41) is 21.3. The van der Waals surface area contributed by atoms with E-state index in [2.05, 4.69) is 17.0 Å². The molecule has 204 valence electrons. The van der Waals surface area contributed by atoms with E-state index >= 15 is 0 Å². The first-order valence-electron chi connectivity index (χ1n) is 14.0. The number of rotatable bonds is 5. The first-order valence-corrected chi connectivity index (χ1v) is 14.4. The van der Waals surface area contributed by atoms with Crippen molar-refractivity contribution in [2.45, 2.75) is 57.7 Å². The highest BCUT2D eigenvalue weighted by Gasteiger charge is 2.58. The summed E-state index contributed by atoms with van der Waals surface area (Å²) < 4.78 is 6.03. The Morgan fingerprint density at radius 1 is 1.05 bits per heavy atom. The molecule has 3 heterocycles. The lowest BCUT2D eigenvalue weighted by Crippen LogP contribution is -2.48. The maximum absolute atomic E-state index is 14.0. The van der Waals surface area contributed by atoms with Gasteiger partial charge in [0, 0.05) is 30.7 Å². The van der Waals surface area contributed by atoms with Crippen LogP contribution in [0, 0.1) is 17.8 Å². The Balaban J connectivity index is 1.22. The molecule has 0 unspecified atom stereocenters. The second-order valence-electron chi connectivity index (χ2n) is 11.3. The molecule has 3 fully saturated rings. The van der Waals surface area contributed by atoms with Crippen molar-refractivity contribution in [1.82, 2.24) is 9.80 Å². The Labute approximate surface area is 234 Å². The van der Waals surface area contributed by atoms with Gasteiger partial charge in [-0.05, 0) is 66.8 Å². The number of hydrogen-bond donors (Lipinski definition) is 2. The van der Waals surface area contributed by atoms with Crippen molar-refractivity contribution >= 4 is 30.5 Å². The van der Waals surface area contributed by atoms with Gasteiger partial charge in [0.2, 0.25) is 11.8 Å². The van der Waals surface area contributed by atoms with Crippen LogP contribution < -0.4 is 0 Å². The van der Waals surface area contributed by atoms with Crippen LogP contribution in [0.5, 0.6) is 5.75 Å². The molecular weight excluding hydrogens is 515 g/mol. The fourth-order valence-electron chi connectivity index (χ4n) is 7.29. The lowest BCUT2D eigenvalue weighted by molar-refractivity contribution is -0.144. The van der Waals surface area contributed by atoms with Gasteiger partial charge < -0.3 is 14.8 Å². The van der Waals surface area contributed by atoms with E-state index in [4.69, 9.17) is 16.3 Å². The van der Waals surface area contributed by atoms with Crippen LogP contribution in [0.3, 0.4) is 0 Å². The number of carbonyl (C=O) groups is 2. The Morgan fingerprint density at radius 2 is 1.79 bits per heavy atom. The second-order valence-corrected chi connectivity index (χ2v) is 11.7. The molecule has 39 heavy (non-hydrogen) atoms. The number of fused-ring (bicyclic) bond motifs is 3. The van der Waals surface area contributed by atoms with Crippen LogP contribution in [0.25, 0.3) is 0 Å². The monoisotopic (exact) mass is 548 g/mol. The van der Waals surface area contributed by atoms with Crippen molar-refractivity contribution in [2.24, 2.45) is 17.8 Å². The van der Waals surface area contributed by atoms with Crippen molar-refractivity contribution in [3.05, 3.63) is 75.7 Å². The summed E-state index contributed by atoms with van der Waals surface area (Å²) in [7, 11) is -1.16. The van der Waals surface area contributed by atoms with Crippen LogP contribution >= 0.6 is 11.6 Å². The van der Waals surface area contributed by atoms with Gasteiger partial charge in [0.1, 0.15) is 5.75 Å². The van der Waals surface area contributed by atoms with Gasteiger partial charge in [0.15, 0.2) is 0 Å². The van der Waals surface area contributed by atoms with Gasteiger partial charge in [-0.2, -0.15) is 0 Å². The van der Waals surface area contributed by atoms with Crippen LogP contribution in [0.15, 0.2) is 59.6 Å². The van der Waals surface area contributed by atoms with Gasteiger partial charge in [-0.1, -0.05) is 60.5 Å². The zero-order valence-corrected chi connectivity index (χ0v) is 22.9. The highest BCUT2D eigenvalue weighted by atomic mass is 35.5. The van der Waals surface area contributed by atoms with Gasteiger partial charge in [-0.15, -0.1) is 0 Å². The molecule has 4 atom stereocenters. The molecule has 1 aliphatic carbocycles. The lowest BCUT2D eigenvalue weighted by Gasteiger charge is -2.42. The lowest BCUT2D eigenvalue weighted by atomic mass is 9.55. The Kier molecular flexibility index (Phi) is 7.31. The quantitative estimate of drug-likeness (QED) is 0.422. The van der Waals surface area contributed by atoms with Crippen LogP contribution in [-0.4, -0.2) is 58.0 Å². The summed E-state index contributed by atoms with van der Waals surface area (Å²) in [6, 6.07) is 15.0. The molecule has 2 N–H and O–H groups in total. The van der Waals surface area contributed by atoms with E-state index in [9.17, 15) is 19.7 Å². The van der Waals surface area contributed by atoms with Crippen LogP contribution in [-0.2, 0) is 20.8 Å². The standard InChI is InChI=1S/C30H34BClN2O5/c1-2-19-14-24-27(23-16-26(39-31(38)28(19)23)22-9-8-21(35)15-25(22)32)30(37)34(29(24)36)20-10-12-33(13-11-20)17-18-6-4-3-5-7-18/h3-9,15,20,23-24,26-27,35,38H,2,10-14,16-17H2,1H3/t23-,24-,26-,27+/m0/s1. The average Bonchev–Trinajstić information content (AvgIpc) is 3.18. The highest BCUT2D eigenvalue weighted by molar-refractivity contribution is 6.53. The number of phenolic OH excluding ortho intramolecular Hbond substituents is 1. The normalized spacial score (nSPS) is 28.2. The van der Waals surface area contributed by atoms with Crippen LogP contribution in [0.2, 0.25) is 5.02 Å². The summed E-state index contributed by atoms with van der Waals surface area (Å²) in [5.41, 5.74) is 3.71. The van der Waals surface area contributed by atoms with E-state index in [0.717, 1.165) is 43.5 Å². The molecule has 9 heteroatoms. The second kappa shape index (κ2) is 10.7. The van der Waals surface area contributed by atoms with Crippen molar-refractivity contribution < 1.29 is 24.4 Å². The smallest absolute Gasteiger partial charge is 0.487 e. The predicted molar refractivity (Wildman–Crippen MR) is 149 cm³/mol. The summed E-state index contributed by atoms with van der Waals surface area (Å²) in [6.07, 6.45) is 2.63. The average molecular weight is 549 g/mol. The van der Waals surface area contributed by atoms with E-state index in [0.29, 0.717) is 29.8 Å². The maximum atomic E-state index is 14.0. The maximum Gasteiger partial charge on any atom is 0.487 e. The molecular formula is C30H34BClN2O5. The summed E-state index contributed by atoms with van der Waals surface area (Å²) in [6.45, 7) is 4.58. The van der Waals surface area contributed by atoms with E-state index < -0.39 is 25.1 Å². The van der Waals surface area contributed by atoms with Gasteiger partial charge >= 0.3 is 7.12 Å². The molecule has 0 bridgehead atoms. The molecule has 3 aliphatic heterocycles. The molecule has 0 saturated carbocycles. The largest absolute Gasteiger partial charge is 0.508 e. The Morgan fingerprint density at radius 3 is 2.49 bits per heavy atom. The van der Waals surface area contributed by atoms with Gasteiger partial charge in [-0.3, -0.25) is 19.4 Å². The number of hydrogen-bond acceptors (Lipinski definition) is 6. The van der Waals surface area contributed by atoms with E-state index in [-0.39, 0.29) is 29.5 Å². The Bertz CT molecular complexity index is 1300. The van der Waals surface area contributed by atoms with Crippen molar-refractivity contribution in [3.8, 4) is 5.75 Å². The highest BCUT2D eigenvalue weighted by Crippen LogP contribution is 2.53. The first-order chi connectivity index (χ1) is 18.9. The molecule has 6 rings (SSSR count). The molecule has 0 spiro atoms. The summed E-state index contributed by atoms with van der Waals surface area (Å²) in [4.78, 5) is 31.8. The molecule has 0 radical (unpaired) electrons. The van der Waals surface area contributed by atoms with E-state index in [1.54, 1.807) is 17.0 Å². The minimum absolute atomic E-state index is 0.0497. The Hall–Kier alpha value is -2.65. The summed E-state index contributed by atoms with van der Waals surface area (Å²) in [5.74, 6) is -1.30. The number of amides is 2. The molecule has 2 amide bonds. The third-order valence-corrected chi connectivity index (χ3v) is 9.50.